The minimum Gasteiger partial charge on any atom is -0.481 e. The van der Waals surface area contributed by atoms with Crippen molar-refractivity contribution in [3.8, 4) is 0 Å². The van der Waals surface area contributed by atoms with Crippen LogP contribution in [0.15, 0.2) is 22.7 Å². The molecule has 1 unspecified atom stereocenters. The number of aliphatic carboxylic acids is 1. The standard InChI is InChI=1S/C12H15BrFNO2/c13-11-4-3-10(14)7-9(11)6-8(12(16)17)2-1-5-15/h3-4,7-8H,1-2,5-6,15H2,(H,16,17). The van der Waals surface area contributed by atoms with Gasteiger partial charge in [0.05, 0.1) is 5.92 Å². The number of benzene rings is 1. The summed E-state index contributed by atoms with van der Waals surface area (Å²) in [5.74, 6) is -1.74. The van der Waals surface area contributed by atoms with Gasteiger partial charge in [0, 0.05) is 4.47 Å². The van der Waals surface area contributed by atoms with Crippen LogP contribution in [-0.2, 0) is 11.2 Å². The van der Waals surface area contributed by atoms with Gasteiger partial charge >= 0.3 is 5.97 Å². The van der Waals surface area contributed by atoms with Gasteiger partial charge in [-0.15, -0.1) is 0 Å². The van der Waals surface area contributed by atoms with Crippen LogP contribution >= 0.6 is 15.9 Å². The van der Waals surface area contributed by atoms with Gasteiger partial charge in [-0.25, -0.2) is 4.39 Å². The van der Waals surface area contributed by atoms with Crippen LogP contribution in [0.4, 0.5) is 4.39 Å². The van der Waals surface area contributed by atoms with Crippen molar-refractivity contribution in [3.05, 3.63) is 34.1 Å². The molecular formula is C12H15BrFNO2. The first-order valence-corrected chi connectivity index (χ1v) is 6.20. The van der Waals surface area contributed by atoms with E-state index in [9.17, 15) is 9.18 Å². The maximum absolute atomic E-state index is 13.1. The van der Waals surface area contributed by atoms with Crippen molar-refractivity contribution in [2.75, 3.05) is 6.54 Å². The van der Waals surface area contributed by atoms with E-state index in [-0.39, 0.29) is 5.82 Å². The quantitative estimate of drug-likeness (QED) is 0.849. The Morgan fingerprint density at radius 2 is 2.24 bits per heavy atom. The lowest BCUT2D eigenvalue weighted by atomic mass is 9.95. The molecule has 0 aliphatic heterocycles. The number of halogens is 2. The molecule has 0 fully saturated rings. The molecular weight excluding hydrogens is 289 g/mol. The minimum absolute atomic E-state index is 0.313. The van der Waals surface area contributed by atoms with Crippen LogP contribution in [-0.4, -0.2) is 17.6 Å². The summed E-state index contributed by atoms with van der Waals surface area (Å²) >= 11 is 3.29. The summed E-state index contributed by atoms with van der Waals surface area (Å²) in [5.41, 5.74) is 6.04. The van der Waals surface area contributed by atoms with E-state index in [4.69, 9.17) is 10.8 Å². The average molecular weight is 304 g/mol. The Morgan fingerprint density at radius 1 is 1.53 bits per heavy atom. The average Bonchev–Trinajstić information content (AvgIpc) is 2.28. The fourth-order valence-corrected chi connectivity index (χ4v) is 2.05. The molecule has 0 bridgehead atoms. The molecule has 1 aromatic carbocycles. The summed E-state index contributed by atoms with van der Waals surface area (Å²) in [6.45, 7) is 0.466. The Kier molecular flexibility index (Phi) is 5.58. The molecule has 1 rings (SSSR count). The molecule has 0 heterocycles. The zero-order valence-electron chi connectivity index (χ0n) is 9.33. The van der Waals surface area contributed by atoms with Crippen LogP contribution in [0.25, 0.3) is 0 Å². The van der Waals surface area contributed by atoms with Crippen molar-refractivity contribution >= 4 is 21.9 Å². The van der Waals surface area contributed by atoms with Gasteiger partial charge in [0.2, 0.25) is 0 Å². The van der Waals surface area contributed by atoms with Crippen LogP contribution < -0.4 is 5.73 Å². The lowest BCUT2D eigenvalue weighted by Crippen LogP contribution is -2.18. The van der Waals surface area contributed by atoms with E-state index in [0.29, 0.717) is 31.4 Å². The highest BCUT2D eigenvalue weighted by atomic mass is 79.9. The summed E-state index contributed by atoms with van der Waals surface area (Å²) in [7, 11) is 0. The maximum Gasteiger partial charge on any atom is 0.306 e. The summed E-state index contributed by atoms with van der Waals surface area (Å²) < 4.78 is 13.8. The largest absolute Gasteiger partial charge is 0.481 e. The highest BCUT2D eigenvalue weighted by Gasteiger charge is 2.18. The molecule has 3 N–H and O–H groups in total. The third-order valence-electron chi connectivity index (χ3n) is 2.58. The van der Waals surface area contributed by atoms with Crippen molar-refractivity contribution in [2.24, 2.45) is 11.7 Å². The summed E-state index contributed by atoms with van der Waals surface area (Å²) in [6, 6.07) is 4.29. The fourth-order valence-electron chi connectivity index (χ4n) is 1.64. The van der Waals surface area contributed by atoms with Gasteiger partial charge in [-0.2, -0.15) is 0 Å². The van der Waals surface area contributed by atoms with Gasteiger partial charge in [0.25, 0.3) is 0 Å². The molecule has 3 nitrogen and oxygen atoms in total. The third-order valence-corrected chi connectivity index (χ3v) is 3.35. The van der Waals surface area contributed by atoms with Crippen molar-refractivity contribution in [1.82, 2.24) is 0 Å². The van der Waals surface area contributed by atoms with Gasteiger partial charge < -0.3 is 10.8 Å². The fraction of sp³-hybridized carbons (Fsp3) is 0.417. The van der Waals surface area contributed by atoms with Crippen LogP contribution in [0.1, 0.15) is 18.4 Å². The molecule has 1 aromatic rings. The summed E-state index contributed by atoms with van der Waals surface area (Å²) in [5, 5.41) is 9.07. The van der Waals surface area contributed by atoms with Crippen LogP contribution in [0.3, 0.4) is 0 Å². The molecule has 0 spiro atoms. The van der Waals surface area contributed by atoms with Gasteiger partial charge in [-0.05, 0) is 49.6 Å². The zero-order chi connectivity index (χ0) is 12.8. The van der Waals surface area contributed by atoms with Crippen molar-refractivity contribution < 1.29 is 14.3 Å². The van der Waals surface area contributed by atoms with E-state index in [1.54, 1.807) is 6.07 Å². The Hall–Kier alpha value is -0.940. The SMILES string of the molecule is NCCCC(Cc1cc(F)ccc1Br)C(=O)O. The Morgan fingerprint density at radius 3 is 2.82 bits per heavy atom. The van der Waals surface area contributed by atoms with Gasteiger partial charge in [-0.1, -0.05) is 15.9 Å². The summed E-state index contributed by atoms with van der Waals surface area (Å²) in [4.78, 5) is 11.1. The first-order valence-electron chi connectivity index (χ1n) is 5.41. The van der Waals surface area contributed by atoms with Crippen molar-refractivity contribution in [1.29, 1.82) is 0 Å². The molecule has 17 heavy (non-hydrogen) atoms. The number of nitrogens with two attached hydrogens (primary N) is 1. The van der Waals surface area contributed by atoms with E-state index in [2.05, 4.69) is 15.9 Å². The molecule has 0 saturated heterocycles. The monoisotopic (exact) mass is 303 g/mol. The van der Waals surface area contributed by atoms with Gasteiger partial charge in [-0.3, -0.25) is 4.79 Å². The zero-order valence-corrected chi connectivity index (χ0v) is 10.9. The lowest BCUT2D eigenvalue weighted by Gasteiger charge is -2.13. The number of rotatable bonds is 6. The highest BCUT2D eigenvalue weighted by molar-refractivity contribution is 9.10. The number of carbonyl (C=O) groups is 1. The third kappa shape index (κ3) is 4.44. The number of hydrogen-bond acceptors (Lipinski definition) is 2. The number of carboxylic acid groups (broad SMARTS) is 1. The van der Waals surface area contributed by atoms with E-state index in [1.807, 2.05) is 0 Å². The molecule has 5 heteroatoms. The first kappa shape index (κ1) is 14.1. The van der Waals surface area contributed by atoms with E-state index in [1.165, 1.54) is 12.1 Å². The molecule has 0 aliphatic rings. The normalized spacial score (nSPS) is 12.4. The van der Waals surface area contributed by atoms with Crippen LogP contribution in [0, 0.1) is 11.7 Å². The van der Waals surface area contributed by atoms with E-state index < -0.39 is 11.9 Å². The second-order valence-electron chi connectivity index (χ2n) is 3.91. The summed E-state index contributed by atoms with van der Waals surface area (Å²) in [6.07, 6.45) is 1.48. The Bertz CT molecular complexity index is 398. The molecule has 0 amide bonds. The molecule has 0 radical (unpaired) electrons. The Labute approximate surface area is 108 Å². The predicted octanol–water partition coefficient (Wildman–Crippen LogP) is 2.57. The second-order valence-corrected chi connectivity index (χ2v) is 4.76. The first-order chi connectivity index (χ1) is 8.04. The topological polar surface area (TPSA) is 63.3 Å². The van der Waals surface area contributed by atoms with Gasteiger partial charge in [0.15, 0.2) is 0 Å². The lowest BCUT2D eigenvalue weighted by molar-refractivity contribution is -0.141. The smallest absolute Gasteiger partial charge is 0.306 e. The molecule has 0 saturated carbocycles. The van der Waals surface area contributed by atoms with Crippen molar-refractivity contribution in [3.63, 3.8) is 0 Å². The van der Waals surface area contributed by atoms with Crippen molar-refractivity contribution in [2.45, 2.75) is 19.3 Å². The Balaban J connectivity index is 2.78. The van der Waals surface area contributed by atoms with E-state index >= 15 is 0 Å². The second kappa shape index (κ2) is 6.71. The minimum atomic E-state index is -0.866. The van der Waals surface area contributed by atoms with Crippen LogP contribution in [0.2, 0.25) is 0 Å². The molecule has 1 atom stereocenters. The van der Waals surface area contributed by atoms with E-state index in [0.717, 1.165) is 4.47 Å². The molecule has 94 valence electrons. The van der Waals surface area contributed by atoms with Crippen LogP contribution in [0.5, 0.6) is 0 Å². The highest BCUT2D eigenvalue weighted by Crippen LogP contribution is 2.23. The molecule has 0 aliphatic carbocycles. The van der Waals surface area contributed by atoms with Gasteiger partial charge in [0.1, 0.15) is 5.82 Å². The number of hydrogen-bond donors (Lipinski definition) is 2. The predicted molar refractivity (Wildman–Crippen MR) is 67.2 cm³/mol. The maximum atomic E-state index is 13.1. The number of carboxylic acids is 1. The molecule has 0 aromatic heterocycles.